The van der Waals surface area contributed by atoms with Crippen LogP contribution in [0.2, 0.25) is 0 Å². The third-order valence-electron chi connectivity index (χ3n) is 5.97. The molecule has 2 aromatic heterocycles. The van der Waals surface area contributed by atoms with Gasteiger partial charge in [-0.15, -0.1) is 0 Å². The van der Waals surface area contributed by atoms with Crippen molar-refractivity contribution in [3.63, 3.8) is 0 Å². The molecule has 2 fully saturated rings. The van der Waals surface area contributed by atoms with E-state index in [-0.39, 0.29) is 5.56 Å². The van der Waals surface area contributed by atoms with Gasteiger partial charge in [0.25, 0.3) is 5.56 Å². The van der Waals surface area contributed by atoms with Crippen LogP contribution in [0.25, 0.3) is 11.0 Å². The van der Waals surface area contributed by atoms with Crippen LogP contribution in [0.1, 0.15) is 50.8 Å². The molecular formula is C18H27N5O. The van der Waals surface area contributed by atoms with Gasteiger partial charge < -0.3 is 4.98 Å². The van der Waals surface area contributed by atoms with E-state index >= 15 is 0 Å². The van der Waals surface area contributed by atoms with Crippen molar-refractivity contribution in [2.24, 2.45) is 18.9 Å². The first-order valence-corrected chi connectivity index (χ1v) is 9.34. The molecule has 2 aliphatic rings. The zero-order valence-corrected chi connectivity index (χ0v) is 14.5. The summed E-state index contributed by atoms with van der Waals surface area (Å²) in [6.45, 7) is 2.97. The average molecular weight is 329 g/mol. The van der Waals surface area contributed by atoms with Crippen molar-refractivity contribution in [2.45, 2.75) is 51.5 Å². The maximum atomic E-state index is 12.1. The molecular weight excluding hydrogens is 302 g/mol. The van der Waals surface area contributed by atoms with Crippen LogP contribution in [0.5, 0.6) is 0 Å². The Labute approximate surface area is 142 Å². The molecule has 0 spiro atoms. The molecule has 2 aromatic rings. The number of likely N-dealkylation sites (tertiary alicyclic amines) is 1. The molecule has 4 rings (SSSR count). The van der Waals surface area contributed by atoms with Crippen LogP contribution in [-0.2, 0) is 13.6 Å². The molecule has 6 heteroatoms. The van der Waals surface area contributed by atoms with Crippen molar-refractivity contribution in [1.29, 1.82) is 0 Å². The van der Waals surface area contributed by atoms with Gasteiger partial charge in [-0.2, -0.15) is 5.10 Å². The Balaban J connectivity index is 1.40. The Morgan fingerprint density at radius 3 is 2.58 bits per heavy atom. The van der Waals surface area contributed by atoms with Crippen molar-refractivity contribution in [3.05, 3.63) is 22.4 Å². The number of nitrogens with zero attached hydrogens (tertiary/aromatic N) is 4. The standard InChI is InChI=1S/C18H27N5O/c1-22-17-15(11-19-22)18(24)21-16(20-17)12-23-9-7-14(8-10-23)13-5-3-2-4-6-13/h11,13-14H,2-10,12H2,1H3,(H,20,21,24). The minimum Gasteiger partial charge on any atom is -0.309 e. The zero-order chi connectivity index (χ0) is 16.5. The minimum atomic E-state index is -0.0832. The van der Waals surface area contributed by atoms with Gasteiger partial charge in [0.1, 0.15) is 11.2 Å². The van der Waals surface area contributed by atoms with E-state index in [4.69, 9.17) is 0 Å². The summed E-state index contributed by atoms with van der Waals surface area (Å²) < 4.78 is 1.67. The van der Waals surface area contributed by atoms with Gasteiger partial charge in [0.05, 0.1) is 12.7 Å². The lowest BCUT2D eigenvalue weighted by atomic mass is 9.76. The number of rotatable bonds is 3. The van der Waals surface area contributed by atoms with E-state index in [1.54, 1.807) is 10.9 Å². The van der Waals surface area contributed by atoms with Crippen molar-refractivity contribution in [3.8, 4) is 0 Å². The van der Waals surface area contributed by atoms with E-state index in [0.717, 1.165) is 37.3 Å². The highest BCUT2D eigenvalue weighted by Gasteiger charge is 2.27. The first-order chi connectivity index (χ1) is 11.7. The largest absolute Gasteiger partial charge is 0.309 e. The summed E-state index contributed by atoms with van der Waals surface area (Å²) in [4.78, 5) is 22.1. The molecule has 0 atom stereocenters. The van der Waals surface area contributed by atoms with E-state index in [1.165, 1.54) is 44.9 Å². The van der Waals surface area contributed by atoms with Crippen LogP contribution in [-0.4, -0.2) is 37.7 Å². The Kier molecular flexibility index (Phi) is 4.39. The summed E-state index contributed by atoms with van der Waals surface area (Å²) >= 11 is 0. The van der Waals surface area contributed by atoms with Gasteiger partial charge >= 0.3 is 0 Å². The second-order valence-corrected chi connectivity index (χ2v) is 7.53. The van der Waals surface area contributed by atoms with Crippen molar-refractivity contribution < 1.29 is 0 Å². The third-order valence-corrected chi connectivity index (χ3v) is 5.97. The molecule has 6 nitrogen and oxygen atoms in total. The molecule has 1 aliphatic heterocycles. The number of H-pyrrole nitrogens is 1. The van der Waals surface area contributed by atoms with Gasteiger partial charge in [-0.1, -0.05) is 32.1 Å². The number of aromatic nitrogens is 4. The van der Waals surface area contributed by atoms with Gasteiger partial charge in [-0.25, -0.2) is 4.98 Å². The molecule has 3 heterocycles. The van der Waals surface area contributed by atoms with E-state index in [2.05, 4.69) is 20.0 Å². The number of fused-ring (bicyclic) bond motifs is 1. The Hall–Kier alpha value is -1.69. The predicted molar refractivity (Wildman–Crippen MR) is 93.7 cm³/mol. The highest BCUT2D eigenvalue weighted by molar-refractivity contribution is 5.72. The zero-order valence-electron chi connectivity index (χ0n) is 14.5. The topological polar surface area (TPSA) is 66.8 Å². The van der Waals surface area contributed by atoms with Crippen molar-refractivity contribution in [1.82, 2.24) is 24.6 Å². The van der Waals surface area contributed by atoms with Crippen LogP contribution in [0.4, 0.5) is 0 Å². The number of hydrogen-bond acceptors (Lipinski definition) is 4. The summed E-state index contributed by atoms with van der Waals surface area (Å²) in [6, 6.07) is 0. The van der Waals surface area contributed by atoms with Crippen LogP contribution < -0.4 is 5.56 Å². The minimum absolute atomic E-state index is 0.0832. The lowest BCUT2D eigenvalue weighted by molar-refractivity contribution is 0.120. The molecule has 0 aromatic carbocycles. The fraction of sp³-hybridized carbons (Fsp3) is 0.722. The van der Waals surface area contributed by atoms with Gasteiger partial charge in [0, 0.05) is 7.05 Å². The molecule has 1 saturated heterocycles. The number of aromatic amines is 1. The molecule has 0 unspecified atom stereocenters. The first-order valence-electron chi connectivity index (χ1n) is 9.34. The second-order valence-electron chi connectivity index (χ2n) is 7.53. The van der Waals surface area contributed by atoms with E-state index < -0.39 is 0 Å². The number of hydrogen-bond donors (Lipinski definition) is 1. The normalized spacial score (nSPS) is 21.5. The van der Waals surface area contributed by atoms with Crippen molar-refractivity contribution in [2.75, 3.05) is 13.1 Å². The van der Waals surface area contributed by atoms with Crippen LogP contribution >= 0.6 is 0 Å². The smallest absolute Gasteiger partial charge is 0.262 e. The van der Waals surface area contributed by atoms with E-state index in [0.29, 0.717) is 11.0 Å². The maximum absolute atomic E-state index is 12.1. The van der Waals surface area contributed by atoms with Crippen LogP contribution in [0, 0.1) is 11.8 Å². The first kappa shape index (κ1) is 15.8. The van der Waals surface area contributed by atoms with Gasteiger partial charge in [-0.05, 0) is 37.8 Å². The average Bonchev–Trinajstić information content (AvgIpc) is 2.98. The van der Waals surface area contributed by atoms with Crippen LogP contribution in [0.15, 0.2) is 11.0 Å². The molecule has 1 N–H and O–H groups in total. The van der Waals surface area contributed by atoms with E-state index in [9.17, 15) is 4.79 Å². The fourth-order valence-electron chi connectivity index (χ4n) is 4.55. The Morgan fingerprint density at radius 1 is 1.12 bits per heavy atom. The molecule has 24 heavy (non-hydrogen) atoms. The lowest BCUT2D eigenvalue weighted by Gasteiger charge is -2.37. The number of aryl methyl sites for hydroxylation is 1. The number of piperidine rings is 1. The molecule has 0 bridgehead atoms. The fourth-order valence-corrected chi connectivity index (χ4v) is 4.55. The summed E-state index contributed by atoms with van der Waals surface area (Å²) in [5.41, 5.74) is 0.589. The Morgan fingerprint density at radius 2 is 1.83 bits per heavy atom. The van der Waals surface area contributed by atoms with Crippen molar-refractivity contribution >= 4 is 11.0 Å². The second kappa shape index (κ2) is 6.67. The molecule has 1 saturated carbocycles. The predicted octanol–water partition coefficient (Wildman–Crippen LogP) is 2.45. The molecule has 130 valence electrons. The molecule has 0 radical (unpaired) electrons. The van der Waals surface area contributed by atoms with Crippen LogP contribution in [0.3, 0.4) is 0 Å². The molecule has 0 amide bonds. The quantitative estimate of drug-likeness (QED) is 0.939. The SMILES string of the molecule is Cn1ncc2c(=O)[nH]c(CN3CCC(C4CCCCC4)CC3)nc21. The highest BCUT2D eigenvalue weighted by Crippen LogP contribution is 2.35. The number of nitrogens with one attached hydrogen (secondary N) is 1. The highest BCUT2D eigenvalue weighted by atomic mass is 16.1. The lowest BCUT2D eigenvalue weighted by Crippen LogP contribution is -2.37. The summed E-state index contributed by atoms with van der Waals surface area (Å²) in [7, 11) is 1.83. The summed E-state index contributed by atoms with van der Waals surface area (Å²) in [5, 5.41) is 4.69. The summed E-state index contributed by atoms with van der Waals surface area (Å²) in [6.07, 6.45) is 11.4. The van der Waals surface area contributed by atoms with E-state index in [1.807, 2.05) is 7.05 Å². The van der Waals surface area contributed by atoms with Gasteiger partial charge in [0.15, 0.2) is 5.65 Å². The maximum Gasteiger partial charge on any atom is 0.262 e. The third kappa shape index (κ3) is 3.11. The monoisotopic (exact) mass is 329 g/mol. The summed E-state index contributed by atoms with van der Waals surface area (Å²) in [5.74, 6) is 2.63. The van der Waals surface area contributed by atoms with Gasteiger partial charge in [-0.3, -0.25) is 14.4 Å². The van der Waals surface area contributed by atoms with Gasteiger partial charge in [0.2, 0.25) is 0 Å². The Bertz CT molecular complexity index is 750. The molecule has 1 aliphatic carbocycles.